The minimum atomic E-state index is -4.68. The zero-order valence-electron chi connectivity index (χ0n) is 17.1. The fourth-order valence-electron chi connectivity index (χ4n) is 3.54. The van der Waals surface area contributed by atoms with Gasteiger partial charge in [0.1, 0.15) is 0 Å². The van der Waals surface area contributed by atoms with Gasteiger partial charge in [-0.3, -0.25) is 24.4 Å². The van der Waals surface area contributed by atoms with Gasteiger partial charge in [-0.05, 0) is 59.1 Å². The van der Waals surface area contributed by atoms with E-state index in [-0.39, 0.29) is 38.6 Å². The summed E-state index contributed by atoms with van der Waals surface area (Å²) in [6, 6.07) is 8.41. The van der Waals surface area contributed by atoms with Crippen molar-refractivity contribution in [1.82, 2.24) is 15.1 Å². The number of aromatic amines is 1. The standard InChI is InChI=1S/C22H14BrClF3N3O3S/c23-8-15(31)10-30-20(32)19(34-21(30)33)16(11-2-4-18-13(5-11)9-28-29-18)6-12-1-3-14(24)7-17(12)22(25,26)27/h1-5,7,9H,6,8,10H2,(H,28,29)/b19-16-. The number of carbonyl (C=O) groups is 3. The number of hydrogen-bond donors (Lipinski definition) is 1. The summed E-state index contributed by atoms with van der Waals surface area (Å²) >= 11 is 9.41. The van der Waals surface area contributed by atoms with Gasteiger partial charge in [-0.25, -0.2) is 0 Å². The van der Waals surface area contributed by atoms with Crippen LogP contribution in [0.1, 0.15) is 16.7 Å². The average Bonchev–Trinajstić information content (AvgIpc) is 3.36. The number of carbonyl (C=O) groups excluding carboxylic acids is 3. The molecule has 1 aliphatic heterocycles. The van der Waals surface area contributed by atoms with Gasteiger partial charge in [0.25, 0.3) is 11.1 Å². The van der Waals surface area contributed by atoms with Gasteiger partial charge in [0.2, 0.25) is 0 Å². The second-order valence-electron chi connectivity index (χ2n) is 7.39. The van der Waals surface area contributed by atoms with Crippen LogP contribution in [0.3, 0.4) is 0 Å². The van der Waals surface area contributed by atoms with Gasteiger partial charge in [-0.1, -0.05) is 39.7 Å². The average molecular weight is 573 g/mol. The lowest BCUT2D eigenvalue weighted by Gasteiger charge is -2.17. The van der Waals surface area contributed by atoms with Crippen LogP contribution in [-0.4, -0.2) is 43.9 Å². The van der Waals surface area contributed by atoms with E-state index < -0.39 is 29.4 Å². The quantitative estimate of drug-likeness (QED) is 0.296. The molecule has 6 nitrogen and oxygen atoms in total. The molecule has 0 bridgehead atoms. The van der Waals surface area contributed by atoms with Crippen LogP contribution in [0.4, 0.5) is 18.0 Å². The third-order valence-electron chi connectivity index (χ3n) is 5.14. The number of Topliss-reactive ketones (excluding diaryl/α,β-unsaturated/α-hetero) is 1. The van der Waals surface area contributed by atoms with Crippen molar-refractivity contribution in [3.05, 3.63) is 69.2 Å². The van der Waals surface area contributed by atoms with E-state index in [1.54, 1.807) is 24.4 Å². The van der Waals surface area contributed by atoms with Gasteiger partial charge in [0.05, 0.1) is 34.1 Å². The fourth-order valence-corrected chi connectivity index (χ4v) is 4.83. The highest BCUT2D eigenvalue weighted by molar-refractivity contribution is 9.09. The number of thioether (sulfide) groups is 1. The highest BCUT2D eigenvalue weighted by Crippen LogP contribution is 2.41. The molecule has 3 aromatic rings. The molecule has 12 heteroatoms. The molecule has 1 fully saturated rings. The maximum Gasteiger partial charge on any atom is 0.416 e. The number of H-pyrrole nitrogens is 1. The van der Waals surface area contributed by atoms with Crippen LogP contribution in [0.5, 0.6) is 0 Å². The number of hydrogen-bond acceptors (Lipinski definition) is 5. The van der Waals surface area contributed by atoms with E-state index in [1.165, 1.54) is 12.1 Å². The van der Waals surface area contributed by atoms with Gasteiger partial charge in [0.15, 0.2) is 5.78 Å². The molecule has 0 radical (unpaired) electrons. The number of fused-ring (bicyclic) bond motifs is 1. The zero-order chi connectivity index (χ0) is 24.6. The molecule has 0 unspecified atom stereocenters. The zero-order valence-corrected chi connectivity index (χ0v) is 20.2. The van der Waals surface area contributed by atoms with E-state index in [1.807, 2.05) is 0 Å². The number of imide groups is 1. The normalized spacial score (nSPS) is 16.0. The molecular weight excluding hydrogens is 559 g/mol. The van der Waals surface area contributed by atoms with Crippen molar-refractivity contribution in [1.29, 1.82) is 0 Å². The number of halogens is 5. The summed E-state index contributed by atoms with van der Waals surface area (Å²) in [5.41, 5.74) is 0.335. The predicted octanol–water partition coefficient (Wildman–Crippen LogP) is 5.85. The SMILES string of the molecule is O=C(CBr)CN1C(=O)S/C(=C(/Cc2ccc(Cl)cc2C(F)(F)F)c2ccc3[nH]ncc3c2)C1=O. The van der Waals surface area contributed by atoms with Gasteiger partial charge < -0.3 is 0 Å². The predicted molar refractivity (Wildman–Crippen MR) is 127 cm³/mol. The fraction of sp³-hybridized carbons (Fsp3) is 0.182. The summed E-state index contributed by atoms with van der Waals surface area (Å²) in [6.07, 6.45) is -3.43. The first-order valence-electron chi connectivity index (χ1n) is 9.72. The smallest absolute Gasteiger partial charge is 0.297 e. The molecule has 2 aromatic carbocycles. The summed E-state index contributed by atoms with van der Waals surface area (Å²) in [5.74, 6) is -1.11. The van der Waals surface area contributed by atoms with Crippen molar-refractivity contribution in [2.24, 2.45) is 0 Å². The van der Waals surface area contributed by atoms with E-state index in [0.717, 1.165) is 11.0 Å². The topological polar surface area (TPSA) is 83.1 Å². The van der Waals surface area contributed by atoms with Crippen LogP contribution in [0.2, 0.25) is 5.02 Å². The number of ketones is 1. The van der Waals surface area contributed by atoms with Crippen molar-refractivity contribution in [2.75, 3.05) is 11.9 Å². The van der Waals surface area contributed by atoms with Crippen LogP contribution >= 0.6 is 39.3 Å². The highest BCUT2D eigenvalue weighted by atomic mass is 79.9. The molecule has 176 valence electrons. The second-order valence-corrected chi connectivity index (χ2v) is 9.35. The Bertz CT molecular complexity index is 1360. The Hall–Kier alpha value is -2.63. The molecule has 0 aliphatic carbocycles. The van der Waals surface area contributed by atoms with Gasteiger partial charge in [-0.2, -0.15) is 18.3 Å². The third kappa shape index (κ3) is 4.91. The van der Waals surface area contributed by atoms with E-state index in [0.29, 0.717) is 28.2 Å². The molecule has 0 atom stereocenters. The van der Waals surface area contributed by atoms with E-state index in [2.05, 4.69) is 26.1 Å². The van der Waals surface area contributed by atoms with Gasteiger partial charge in [-0.15, -0.1) is 0 Å². The van der Waals surface area contributed by atoms with E-state index >= 15 is 0 Å². The van der Waals surface area contributed by atoms with Gasteiger partial charge >= 0.3 is 6.18 Å². The molecule has 0 spiro atoms. The minimum absolute atomic E-state index is 0.0294. The Balaban J connectivity index is 1.86. The summed E-state index contributed by atoms with van der Waals surface area (Å²) in [6.45, 7) is -0.428. The number of benzene rings is 2. The number of nitrogens with one attached hydrogen (secondary N) is 1. The van der Waals surface area contributed by atoms with Crippen LogP contribution in [0, 0.1) is 0 Å². The van der Waals surface area contributed by atoms with E-state index in [4.69, 9.17) is 11.6 Å². The summed E-state index contributed by atoms with van der Waals surface area (Å²) in [4.78, 5) is 38.3. The maximum absolute atomic E-state index is 13.7. The lowest BCUT2D eigenvalue weighted by Crippen LogP contribution is -2.34. The molecule has 0 saturated carbocycles. The molecule has 1 aromatic heterocycles. The number of aromatic nitrogens is 2. The molecule has 1 N–H and O–H groups in total. The lowest BCUT2D eigenvalue weighted by molar-refractivity contribution is -0.138. The molecule has 2 amide bonds. The molecule has 1 aliphatic rings. The Morgan fingerprint density at radius 1 is 1.18 bits per heavy atom. The largest absolute Gasteiger partial charge is 0.416 e. The van der Waals surface area contributed by atoms with Crippen molar-refractivity contribution in [3.63, 3.8) is 0 Å². The third-order valence-corrected chi connectivity index (χ3v) is 7.02. The van der Waals surface area contributed by atoms with E-state index in [9.17, 15) is 27.6 Å². The van der Waals surface area contributed by atoms with Crippen molar-refractivity contribution in [2.45, 2.75) is 12.6 Å². The molecule has 2 heterocycles. The summed E-state index contributed by atoms with van der Waals surface area (Å²) in [5, 5.41) is 6.62. The van der Waals surface area contributed by atoms with Crippen molar-refractivity contribution >= 4 is 72.7 Å². The summed E-state index contributed by atoms with van der Waals surface area (Å²) in [7, 11) is 0. The monoisotopic (exact) mass is 571 g/mol. The highest BCUT2D eigenvalue weighted by Gasteiger charge is 2.39. The Morgan fingerprint density at radius 3 is 2.65 bits per heavy atom. The first-order valence-corrected chi connectivity index (χ1v) is 12.0. The molecule has 4 rings (SSSR count). The summed E-state index contributed by atoms with van der Waals surface area (Å²) < 4.78 is 41.2. The Kier molecular flexibility index (Phi) is 6.88. The Labute approximate surface area is 208 Å². The molecular formula is C22H14BrClF3N3O3S. The van der Waals surface area contributed by atoms with Crippen LogP contribution in [-0.2, 0) is 22.2 Å². The number of allylic oxidation sites excluding steroid dienone is 1. The van der Waals surface area contributed by atoms with Crippen molar-refractivity contribution < 1.29 is 27.6 Å². The number of nitrogens with zero attached hydrogens (tertiary/aromatic N) is 2. The van der Waals surface area contributed by atoms with Crippen LogP contribution in [0.15, 0.2) is 47.5 Å². The second kappa shape index (κ2) is 9.55. The number of alkyl halides is 4. The lowest BCUT2D eigenvalue weighted by atomic mass is 9.93. The molecule has 1 saturated heterocycles. The van der Waals surface area contributed by atoms with Gasteiger partial charge in [0, 0.05) is 10.4 Å². The first kappa shape index (κ1) is 24.5. The number of amides is 2. The number of rotatable bonds is 6. The van der Waals surface area contributed by atoms with Crippen LogP contribution in [0.25, 0.3) is 16.5 Å². The van der Waals surface area contributed by atoms with Crippen molar-refractivity contribution in [3.8, 4) is 0 Å². The maximum atomic E-state index is 13.7. The van der Waals surface area contributed by atoms with Crippen LogP contribution < -0.4 is 0 Å². The first-order chi connectivity index (χ1) is 16.1. The Morgan fingerprint density at radius 2 is 1.94 bits per heavy atom. The minimum Gasteiger partial charge on any atom is -0.297 e. The molecule has 34 heavy (non-hydrogen) atoms.